The first-order chi connectivity index (χ1) is 11.5. The van der Waals surface area contributed by atoms with Crippen LogP contribution in [0.5, 0.6) is 0 Å². The molecule has 1 heterocycles. The molecule has 2 aromatic carbocycles. The number of hydrogen-bond donors (Lipinski definition) is 1. The van der Waals surface area contributed by atoms with E-state index in [2.05, 4.69) is 4.72 Å². The Hall–Kier alpha value is -2.18. The highest BCUT2D eigenvalue weighted by Gasteiger charge is 2.23. The van der Waals surface area contributed by atoms with E-state index in [9.17, 15) is 13.2 Å². The highest BCUT2D eigenvalue weighted by atomic mass is 32.2. The van der Waals surface area contributed by atoms with Crippen molar-refractivity contribution in [3.05, 3.63) is 54.6 Å². The van der Waals surface area contributed by atoms with Gasteiger partial charge < -0.3 is 4.74 Å². The first-order valence-corrected chi connectivity index (χ1v) is 9.36. The van der Waals surface area contributed by atoms with Crippen molar-refractivity contribution in [2.45, 2.75) is 30.3 Å². The largest absolute Gasteiger partial charge is 0.378 e. The third-order valence-corrected chi connectivity index (χ3v) is 5.35. The van der Waals surface area contributed by atoms with Gasteiger partial charge in [0.05, 0.1) is 17.4 Å². The number of benzene rings is 2. The molecule has 0 aromatic heterocycles. The Morgan fingerprint density at radius 1 is 1.04 bits per heavy atom. The molecule has 0 aliphatic carbocycles. The van der Waals surface area contributed by atoms with Crippen LogP contribution in [0.2, 0.25) is 0 Å². The Labute approximate surface area is 141 Å². The summed E-state index contributed by atoms with van der Waals surface area (Å²) in [5.41, 5.74) is 1.92. The Morgan fingerprint density at radius 3 is 2.33 bits per heavy atom. The Kier molecular flexibility index (Phi) is 4.97. The number of carbonyl (C=O) groups excluding carboxylic acids is 1. The predicted octanol–water partition coefficient (Wildman–Crippen LogP) is 2.73. The maximum absolute atomic E-state index is 12.3. The van der Waals surface area contributed by atoms with Crippen molar-refractivity contribution in [2.24, 2.45) is 0 Å². The molecule has 1 aliphatic rings. The monoisotopic (exact) mass is 345 g/mol. The molecule has 0 bridgehead atoms. The minimum absolute atomic E-state index is 0.0708. The van der Waals surface area contributed by atoms with E-state index in [1.807, 2.05) is 30.3 Å². The van der Waals surface area contributed by atoms with Gasteiger partial charge in [-0.1, -0.05) is 42.5 Å². The maximum Gasteiger partial charge on any atom is 0.264 e. The van der Waals surface area contributed by atoms with E-state index in [0.29, 0.717) is 6.61 Å². The number of hydrogen-bond acceptors (Lipinski definition) is 4. The van der Waals surface area contributed by atoms with Crippen LogP contribution >= 0.6 is 0 Å². The molecule has 1 saturated heterocycles. The normalized spacial score (nSPS) is 17.6. The molecule has 3 rings (SSSR count). The quantitative estimate of drug-likeness (QED) is 0.904. The van der Waals surface area contributed by atoms with Crippen molar-refractivity contribution < 1.29 is 17.9 Å². The number of ether oxygens (including phenoxy) is 1. The lowest BCUT2D eigenvalue weighted by molar-refractivity contribution is -0.121. The first-order valence-electron chi connectivity index (χ1n) is 7.87. The second kappa shape index (κ2) is 7.15. The van der Waals surface area contributed by atoms with E-state index in [0.717, 1.165) is 24.0 Å². The van der Waals surface area contributed by atoms with Crippen molar-refractivity contribution in [1.29, 1.82) is 0 Å². The van der Waals surface area contributed by atoms with Crippen LogP contribution in [0.4, 0.5) is 0 Å². The minimum Gasteiger partial charge on any atom is -0.378 e. The molecule has 0 radical (unpaired) electrons. The molecular weight excluding hydrogens is 326 g/mol. The molecule has 1 aliphatic heterocycles. The summed E-state index contributed by atoms with van der Waals surface area (Å²) in [5.74, 6) is -0.533. The van der Waals surface area contributed by atoms with Crippen molar-refractivity contribution in [1.82, 2.24) is 4.72 Å². The number of nitrogens with one attached hydrogen (secondary N) is 1. The zero-order valence-electron chi connectivity index (χ0n) is 13.1. The van der Waals surface area contributed by atoms with Gasteiger partial charge in [-0.2, -0.15) is 0 Å². The average molecular weight is 345 g/mol. The van der Waals surface area contributed by atoms with Crippen LogP contribution in [0.1, 0.15) is 19.3 Å². The second-order valence-electron chi connectivity index (χ2n) is 5.76. The fourth-order valence-electron chi connectivity index (χ4n) is 2.72. The zero-order valence-corrected chi connectivity index (χ0v) is 14.0. The van der Waals surface area contributed by atoms with Crippen LogP contribution < -0.4 is 4.72 Å². The average Bonchev–Trinajstić information content (AvgIpc) is 3.08. The summed E-state index contributed by atoms with van der Waals surface area (Å²) in [6, 6.07) is 16.1. The summed E-state index contributed by atoms with van der Waals surface area (Å²) in [4.78, 5) is 12.0. The van der Waals surface area contributed by atoms with Gasteiger partial charge in [0.1, 0.15) is 0 Å². The molecule has 0 unspecified atom stereocenters. The van der Waals surface area contributed by atoms with Crippen LogP contribution in [0, 0.1) is 0 Å². The summed E-state index contributed by atoms with van der Waals surface area (Å²) in [6.45, 7) is 0.631. The van der Waals surface area contributed by atoms with Gasteiger partial charge in [-0.05, 0) is 36.1 Å². The van der Waals surface area contributed by atoms with Crippen molar-refractivity contribution in [2.75, 3.05) is 6.61 Å². The van der Waals surface area contributed by atoms with E-state index in [4.69, 9.17) is 4.74 Å². The molecule has 1 fully saturated rings. The fourth-order valence-corrected chi connectivity index (χ4v) is 3.72. The van der Waals surface area contributed by atoms with E-state index in [1.165, 1.54) is 12.1 Å². The topological polar surface area (TPSA) is 72.5 Å². The van der Waals surface area contributed by atoms with Gasteiger partial charge in [0.2, 0.25) is 5.91 Å². The molecular formula is C18H19NO4S. The SMILES string of the molecule is O=C(C[C@H]1CCCO1)NS(=O)(=O)c1ccc(-c2ccccc2)cc1. The van der Waals surface area contributed by atoms with Crippen molar-refractivity contribution in [3.8, 4) is 11.1 Å². The zero-order chi connectivity index (χ0) is 17.0. The summed E-state index contributed by atoms with van der Waals surface area (Å²) in [7, 11) is -3.86. The molecule has 24 heavy (non-hydrogen) atoms. The lowest BCUT2D eigenvalue weighted by Crippen LogP contribution is -2.32. The summed E-state index contributed by atoms with van der Waals surface area (Å²) < 4.78 is 32.0. The standard InChI is InChI=1S/C18H19NO4S/c20-18(13-16-7-4-12-23-16)19-24(21,22)17-10-8-15(9-11-17)14-5-2-1-3-6-14/h1-3,5-6,8-11,16H,4,7,12-13H2,(H,19,20)/t16-/m1/s1. The summed E-state index contributed by atoms with van der Waals surface area (Å²) in [6.07, 6.45) is 1.59. The van der Waals surface area contributed by atoms with Gasteiger partial charge in [0.15, 0.2) is 0 Å². The lowest BCUT2D eigenvalue weighted by Gasteiger charge is -2.11. The highest BCUT2D eigenvalue weighted by Crippen LogP contribution is 2.21. The van der Waals surface area contributed by atoms with Gasteiger partial charge in [0, 0.05) is 6.61 Å². The Balaban J connectivity index is 1.69. The number of sulfonamides is 1. The van der Waals surface area contributed by atoms with Crippen LogP contribution in [0.15, 0.2) is 59.5 Å². The van der Waals surface area contributed by atoms with E-state index < -0.39 is 15.9 Å². The molecule has 1 atom stereocenters. The smallest absolute Gasteiger partial charge is 0.264 e. The fraction of sp³-hybridized carbons (Fsp3) is 0.278. The Bertz CT molecular complexity index is 795. The van der Waals surface area contributed by atoms with Crippen LogP contribution in [0.25, 0.3) is 11.1 Å². The van der Waals surface area contributed by atoms with E-state index in [1.54, 1.807) is 12.1 Å². The first kappa shape index (κ1) is 16.7. The molecule has 6 heteroatoms. The molecule has 5 nitrogen and oxygen atoms in total. The second-order valence-corrected chi connectivity index (χ2v) is 7.44. The molecule has 1 amide bonds. The van der Waals surface area contributed by atoms with Gasteiger partial charge >= 0.3 is 0 Å². The van der Waals surface area contributed by atoms with Gasteiger partial charge in [-0.3, -0.25) is 4.79 Å². The highest BCUT2D eigenvalue weighted by molar-refractivity contribution is 7.90. The molecule has 2 aromatic rings. The Morgan fingerprint density at radius 2 is 1.71 bits per heavy atom. The molecule has 126 valence electrons. The van der Waals surface area contributed by atoms with E-state index in [-0.39, 0.29) is 17.4 Å². The third-order valence-electron chi connectivity index (χ3n) is 3.96. The summed E-state index contributed by atoms with van der Waals surface area (Å²) >= 11 is 0. The van der Waals surface area contributed by atoms with Crippen molar-refractivity contribution >= 4 is 15.9 Å². The van der Waals surface area contributed by atoms with Crippen LogP contribution in [-0.2, 0) is 19.6 Å². The number of carbonyl (C=O) groups is 1. The molecule has 1 N–H and O–H groups in total. The lowest BCUT2D eigenvalue weighted by atomic mass is 10.1. The molecule has 0 saturated carbocycles. The molecule has 0 spiro atoms. The van der Waals surface area contributed by atoms with Crippen LogP contribution in [0.3, 0.4) is 0 Å². The minimum atomic E-state index is -3.86. The van der Waals surface area contributed by atoms with Gasteiger partial charge in [0.25, 0.3) is 10.0 Å². The number of rotatable bonds is 5. The summed E-state index contributed by atoms with van der Waals surface area (Å²) in [5, 5.41) is 0. The van der Waals surface area contributed by atoms with E-state index >= 15 is 0 Å². The van der Waals surface area contributed by atoms with Crippen molar-refractivity contribution in [3.63, 3.8) is 0 Å². The third kappa shape index (κ3) is 4.01. The predicted molar refractivity (Wildman–Crippen MR) is 90.8 cm³/mol. The maximum atomic E-state index is 12.3. The van der Waals surface area contributed by atoms with Gasteiger partial charge in [-0.15, -0.1) is 0 Å². The number of amides is 1. The van der Waals surface area contributed by atoms with Gasteiger partial charge in [-0.25, -0.2) is 13.1 Å². The van der Waals surface area contributed by atoms with Crippen LogP contribution in [-0.4, -0.2) is 27.0 Å².